The third-order valence-electron chi connectivity index (χ3n) is 6.40. The molecule has 130 valence electrons. The molecule has 0 aliphatic heterocycles. The van der Waals surface area contributed by atoms with E-state index >= 15 is 0 Å². The second-order valence-corrected chi connectivity index (χ2v) is 8.05. The Kier molecular flexibility index (Phi) is 3.73. The Morgan fingerprint density at radius 1 is 1.13 bits per heavy atom. The van der Waals surface area contributed by atoms with Crippen LogP contribution in [0.5, 0.6) is 0 Å². The number of hydrogen-bond donors (Lipinski definition) is 1. The molecule has 23 heavy (non-hydrogen) atoms. The van der Waals surface area contributed by atoms with Crippen molar-refractivity contribution in [3.63, 3.8) is 0 Å². The van der Waals surface area contributed by atoms with Crippen LogP contribution in [0.3, 0.4) is 0 Å². The Morgan fingerprint density at radius 2 is 1.57 bits per heavy atom. The molecule has 0 aromatic rings. The molecular formula is C17H24F2O4. The molecule has 0 radical (unpaired) electrons. The average Bonchev–Trinajstić information content (AvgIpc) is 2.45. The molecule has 1 unspecified atom stereocenters. The number of hydrogen-bond acceptors (Lipinski definition) is 3. The molecule has 4 aliphatic carbocycles. The summed E-state index contributed by atoms with van der Waals surface area (Å²) in [5.41, 5.74) is -2.97. The van der Waals surface area contributed by atoms with Crippen LogP contribution < -0.4 is 0 Å². The molecule has 4 nitrogen and oxygen atoms in total. The lowest BCUT2D eigenvalue weighted by atomic mass is 9.49. The zero-order valence-electron chi connectivity index (χ0n) is 13.6. The van der Waals surface area contributed by atoms with Crippen LogP contribution in [0.25, 0.3) is 0 Å². The van der Waals surface area contributed by atoms with E-state index in [-0.39, 0.29) is 6.42 Å². The van der Waals surface area contributed by atoms with Crippen molar-refractivity contribution in [3.8, 4) is 0 Å². The molecule has 4 fully saturated rings. The van der Waals surface area contributed by atoms with Gasteiger partial charge in [0.25, 0.3) is 0 Å². The Balaban J connectivity index is 1.82. The predicted molar refractivity (Wildman–Crippen MR) is 78.0 cm³/mol. The summed E-state index contributed by atoms with van der Waals surface area (Å²) in [7, 11) is 0. The van der Waals surface area contributed by atoms with E-state index in [1.807, 2.05) is 0 Å². The van der Waals surface area contributed by atoms with Crippen molar-refractivity contribution in [2.24, 2.45) is 23.2 Å². The van der Waals surface area contributed by atoms with Gasteiger partial charge in [-0.25, -0.2) is 4.79 Å². The summed E-state index contributed by atoms with van der Waals surface area (Å²) in [6.07, 6.45) is 5.25. The predicted octanol–water partition coefficient (Wildman–Crippen LogP) is 3.63. The largest absolute Gasteiger partial charge is 0.477 e. The van der Waals surface area contributed by atoms with Crippen LogP contribution in [-0.4, -0.2) is 28.6 Å². The quantitative estimate of drug-likeness (QED) is 0.782. The van der Waals surface area contributed by atoms with Gasteiger partial charge in [0.15, 0.2) is 5.60 Å². The van der Waals surface area contributed by atoms with E-state index in [0.717, 1.165) is 26.2 Å². The van der Waals surface area contributed by atoms with Crippen molar-refractivity contribution in [3.05, 3.63) is 0 Å². The van der Waals surface area contributed by atoms with Crippen LogP contribution in [0.4, 0.5) is 8.78 Å². The van der Waals surface area contributed by atoms with E-state index < -0.39 is 28.9 Å². The summed E-state index contributed by atoms with van der Waals surface area (Å²) in [5.74, 6) is -5.49. The molecule has 0 heterocycles. The molecule has 0 saturated heterocycles. The fourth-order valence-electron chi connectivity index (χ4n) is 5.26. The van der Waals surface area contributed by atoms with Crippen LogP contribution >= 0.6 is 0 Å². The van der Waals surface area contributed by atoms with Gasteiger partial charge in [-0.1, -0.05) is 6.92 Å². The molecule has 6 heteroatoms. The number of carboxylic acid groups (broad SMARTS) is 1. The molecule has 4 rings (SSSR count). The van der Waals surface area contributed by atoms with E-state index in [2.05, 4.69) is 0 Å². The molecule has 4 saturated carbocycles. The number of halogens is 2. The number of esters is 1. The second-order valence-electron chi connectivity index (χ2n) is 8.05. The molecule has 4 aliphatic rings. The summed E-state index contributed by atoms with van der Waals surface area (Å²) in [6.45, 7) is 2.45. The van der Waals surface area contributed by atoms with Crippen LogP contribution in [0.2, 0.25) is 0 Å². The lowest BCUT2D eigenvalue weighted by Gasteiger charge is -2.55. The maximum absolute atomic E-state index is 14.1. The zero-order chi connectivity index (χ0) is 17.0. The highest BCUT2D eigenvalue weighted by atomic mass is 19.3. The first-order valence-electron chi connectivity index (χ1n) is 8.46. The maximum Gasteiger partial charge on any atom is 0.380 e. The van der Waals surface area contributed by atoms with Crippen LogP contribution in [0.1, 0.15) is 58.8 Å². The van der Waals surface area contributed by atoms with Crippen molar-refractivity contribution in [2.45, 2.75) is 70.3 Å². The minimum atomic E-state index is -4.10. The third-order valence-corrected chi connectivity index (χ3v) is 6.40. The molecule has 0 amide bonds. The number of carboxylic acids is 1. The van der Waals surface area contributed by atoms with Gasteiger partial charge in [0.1, 0.15) is 0 Å². The lowest BCUT2D eigenvalue weighted by Crippen LogP contribution is -2.57. The van der Waals surface area contributed by atoms with E-state index in [0.29, 0.717) is 37.0 Å². The van der Waals surface area contributed by atoms with Gasteiger partial charge in [-0.05, 0) is 69.6 Å². The maximum atomic E-state index is 14.1. The molecule has 0 aromatic heterocycles. The van der Waals surface area contributed by atoms with E-state index in [9.17, 15) is 18.4 Å². The molecule has 1 N–H and O–H groups in total. The molecule has 4 bridgehead atoms. The van der Waals surface area contributed by atoms with Gasteiger partial charge in [-0.15, -0.1) is 0 Å². The average molecular weight is 330 g/mol. The molecule has 1 atom stereocenters. The summed E-state index contributed by atoms with van der Waals surface area (Å²) in [5, 5.41) is 8.81. The number of rotatable bonds is 5. The van der Waals surface area contributed by atoms with Crippen molar-refractivity contribution in [1.29, 1.82) is 0 Å². The molecule has 0 spiro atoms. The van der Waals surface area contributed by atoms with Crippen molar-refractivity contribution < 1.29 is 28.2 Å². The van der Waals surface area contributed by atoms with Gasteiger partial charge >= 0.3 is 17.9 Å². The number of aliphatic carboxylic acids is 1. The highest BCUT2D eigenvalue weighted by Gasteiger charge is 2.62. The van der Waals surface area contributed by atoms with Crippen LogP contribution in [0.15, 0.2) is 0 Å². The van der Waals surface area contributed by atoms with E-state index in [1.165, 1.54) is 6.92 Å². The molecule has 0 aromatic carbocycles. The first-order valence-corrected chi connectivity index (χ1v) is 8.46. The second kappa shape index (κ2) is 5.15. The monoisotopic (exact) mass is 330 g/mol. The SMILES string of the molecule is CCC(C)(OC(=O)C12CC3CC(CC(C3)C1)C2)C(F)(F)C(=O)O. The van der Waals surface area contributed by atoms with Gasteiger partial charge in [0, 0.05) is 0 Å². The smallest absolute Gasteiger partial charge is 0.380 e. The fraction of sp³-hybridized carbons (Fsp3) is 0.882. The molecular weight excluding hydrogens is 306 g/mol. The van der Waals surface area contributed by atoms with Gasteiger partial charge in [0.2, 0.25) is 0 Å². The Hall–Kier alpha value is -1.20. The van der Waals surface area contributed by atoms with Crippen LogP contribution in [0, 0.1) is 23.2 Å². The van der Waals surface area contributed by atoms with Gasteiger partial charge < -0.3 is 9.84 Å². The minimum absolute atomic E-state index is 0.246. The van der Waals surface area contributed by atoms with Crippen molar-refractivity contribution >= 4 is 11.9 Å². The summed E-state index contributed by atoms with van der Waals surface area (Å²) >= 11 is 0. The number of carbonyl (C=O) groups excluding carboxylic acids is 1. The third kappa shape index (κ3) is 2.45. The lowest BCUT2D eigenvalue weighted by molar-refractivity contribution is -0.230. The Morgan fingerprint density at radius 3 is 1.91 bits per heavy atom. The highest BCUT2D eigenvalue weighted by Crippen LogP contribution is 2.60. The minimum Gasteiger partial charge on any atom is -0.477 e. The van der Waals surface area contributed by atoms with Gasteiger partial charge in [-0.3, -0.25) is 4.79 Å². The van der Waals surface area contributed by atoms with Crippen molar-refractivity contribution in [1.82, 2.24) is 0 Å². The van der Waals surface area contributed by atoms with Gasteiger partial charge in [0.05, 0.1) is 5.41 Å². The first-order chi connectivity index (χ1) is 10.6. The van der Waals surface area contributed by atoms with E-state index in [4.69, 9.17) is 9.84 Å². The first kappa shape index (κ1) is 16.7. The zero-order valence-corrected chi connectivity index (χ0v) is 13.6. The van der Waals surface area contributed by atoms with Crippen LogP contribution in [-0.2, 0) is 14.3 Å². The van der Waals surface area contributed by atoms with Gasteiger partial charge in [-0.2, -0.15) is 8.78 Å². The van der Waals surface area contributed by atoms with E-state index in [1.54, 1.807) is 0 Å². The number of alkyl halides is 2. The summed E-state index contributed by atoms with van der Waals surface area (Å²) in [6, 6.07) is 0. The summed E-state index contributed by atoms with van der Waals surface area (Å²) < 4.78 is 33.3. The topological polar surface area (TPSA) is 63.6 Å². The highest BCUT2D eigenvalue weighted by molar-refractivity contribution is 5.81. The Labute approximate surface area is 134 Å². The number of carbonyl (C=O) groups is 2. The standard InChI is InChI=1S/C17H24F2O4/c1-3-15(2,17(18,19)13(20)21)23-14(22)16-7-10-4-11(8-16)6-12(5-10)9-16/h10-12H,3-9H2,1-2H3,(H,20,21). The summed E-state index contributed by atoms with van der Waals surface area (Å²) in [4.78, 5) is 23.7. The Bertz CT molecular complexity index is 495. The fourth-order valence-corrected chi connectivity index (χ4v) is 5.26. The van der Waals surface area contributed by atoms with Crippen molar-refractivity contribution in [2.75, 3.05) is 0 Å². The number of ether oxygens (including phenoxy) is 1. The normalized spacial score (nSPS) is 38.2.